The summed E-state index contributed by atoms with van der Waals surface area (Å²) in [5.41, 5.74) is 3.09. The molecule has 30 heavy (non-hydrogen) atoms. The second kappa shape index (κ2) is 10.5. The van der Waals surface area contributed by atoms with E-state index >= 15 is 0 Å². The van der Waals surface area contributed by atoms with Crippen LogP contribution in [0.15, 0.2) is 59.0 Å². The number of rotatable bonds is 8. The Hall–Kier alpha value is -3.20. The van der Waals surface area contributed by atoms with Crippen molar-refractivity contribution in [2.24, 2.45) is 10.2 Å². The molecule has 2 aromatic rings. The van der Waals surface area contributed by atoms with Gasteiger partial charge in [-0.1, -0.05) is 30.0 Å². The van der Waals surface area contributed by atoms with E-state index in [0.29, 0.717) is 11.7 Å². The van der Waals surface area contributed by atoms with E-state index in [0.717, 1.165) is 23.2 Å². The number of anilines is 1. The summed E-state index contributed by atoms with van der Waals surface area (Å²) in [5, 5.41) is 13.4. The molecule has 0 radical (unpaired) electrons. The lowest BCUT2D eigenvalue weighted by atomic mass is 10.1. The number of nitrogens with one attached hydrogen (secondary N) is 2. The zero-order valence-electron chi connectivity index (χ0n) is 16.9. The smallest absolute Gasteiger partial charge is 0.240 e. The van der Waals surface area contributed by atoms with Gasteiger partial charge in [-0.05, 0) is 30.2 Å². The Kier molecular flexibility index (Phi) is 7.56. The van der Waals surface area contributed by atoms with Gasteiger partial charge in [-0.15, -0.1) is 5.10 Å². The minimum atomic E-state index is -0.503. The van der Waals surface area contributed by atoms with Crippen LogP contribution in [-0.4, -0.2) is 54.1 Å². The number of amides is 2. The summed E-state index contributed by atoms with van der Waals surface area (Å²) < 4.78 is 0. The molecule has 0 spiro atoms. The molecule has 9 heteroatoms. The van der Waals surface area contributed by atoms with Gasteiger partial charge in [0.15, 0.2) is 5.17 Å². The quantitative estimate of drug-likeness (QED) is 0.497. The van der Waals surface area contributed by atoms with Gasteiger partial charge in [-0.3, -0.25) is 14.6 Å². The molecule has 2 N–H and O–H groups in total. The van der Waals surface area contributed by atoms with Crippen LogP contribution < -0.4 is 15.5 Å². The second-order valence-electron chi connectivity index (χ2n) is 6.90. The number of aromatic nitrogens is 1. The molecule has 1 unspecified atom stereocenters. The van der Waals surface area contributed by atoms with Gasteiger partial charge >= 0.3 is 0 Å². The Labute approximate surface area is 179 Å². The molecule has 3 rings (SSSR count). The SMILES string of the molecule is CN(C)c1ccc(CCNC(=O)CC2S/C(=N/N=C/c3cccnc3)NC2=O)cc1. The summed E-state index contributed by atoms with van der Waals surface area (Å²) in [6.07, 6.45) is 5.72. The lowest BCUT2D eigenvalue weighted by Crippen LogP contribution is -2.32. The van der Waals surface area contributed by atoms with Crippen LogP contribution >= 0.6 is 11.8 Å². The third-order valence-corrected chi connectivity index (χ3v) is 5.45. The maximum atomic E-state index is 12.2. The first-order valence-electron chi connectivity index (χ1n) is 9.53. The van der Waals surface area contributed by atoms with Gasteiger partial charge < -0.3 is 15.5 Å². The Morgan fingerprint density at radius 3 is 2.80 bits per heavy atom. The van der Waals surface area contributed by atoms with Gasteiger partial charge in [-0.2, -0.15) is 5.10 Å². The normalized spacial score (nSPS) is 17.3. The molecule has 1 aliphatic heterocycles. The number of carbonyl (C=O) groups is 2. The molecule has 2 amide bonds. The summed E-state index contributed by atoms with van der Waals surface area (Å²) in [4.78, 5) is 30.3. The van der Waals surface area contributed by atoms with E-state index < -0.39 is 5.25 Å². The molecule has 1 fully saturated rings. The number of thioether (sulfide) groups is 1. The van der Waals surface area contributed by atoms with Crippen molar-refractivity contribution in [2.45, 2.75) is 18.1 Å². The number of nitrogens with zero attached hydrogens (tertiary/aromatic N) is 4. The number of hydrogen-bond acceptors (Lipinski definition) is 7. The van der Waals surface area contributed by atoms with Crippen molar-refractivity contribution < 1.29 is 9.59 Å². The van der Waals surface area contributed by atoms with Gasteiger partial charge in [0.05, 0.1) is 6.21 Å². The monoisotopic (exact) mass is 424 g/mol. The van der Waals surface area contributed by atoms with Gasteiger partial charge in [0.25, 0.3) is 0 Å². The topological polar surface area (TPSA) is 99.1 Å². The summed E-state index contributed by atoms with van der Waals surface area (Å²) in [6, 6.07) is 11.9. The summed E-state index contributed by atoms with van der Waals surface area (Å²) in [5.74, 6) is -0.391. The van der Waals surface area contributed by atoms with E-state index in [2.05, 4.69) is 38.0 Å². The van der Waals surface area contributed by atoms with E-state index in [1.807, 2.05) is 37.2 Å². The maximum Gasteiger partial charge on any atom is 0.240 e. The Bertz CT molecular complexity index is 928. The summed E-state index contributed by atoms with van der Waals surface area (Å²) >= 11 is 1.21. The Morgan fingerprint density at radius 1 is 1.30 bits per heavy atom. The predicted octanol–water partition coefficient (Wildman–Crippen LogP) is 1.82. The molecule has 1 atom stereocenters. The lowest BCUT2D eigenvalue weighted by Gasteiger charge is -2.13. The summed E-state index contributed by atoms with van der Waals surface area (Å²) in [6.45, 7) is 0.523. The largest absolute Gasteiger partial charge is 0.378 e. The Morgan fingerprint density at radius 2 is 2.10 bits per heavy atom. The molecule has 0 saturated carbocycles. The summed E-state index contributed by atoms with van der Waals surface area (Å²) in [7, 11) is 3.99. The highest BCUT2D eigenvalue weighted by Crippen LogP contribution is 2.22. The van der Waals surface area contributed by atoms with E-state index in [1.54, 1.807) is 24.7 Å². The minimum Gasteiger partial charge on any atom is -0.378 e. The van der Waals surface area contributed by atoms with Crippen LogP contribution in [0, 0.1) is 0 Å². The molecule has 8 nitrogen and oxygen atoms in total. The van der Waals surface area contributed by atoms with E-state index in [-0.39, 0.29) is 18.2 Å². The van der Waals surface area contributed by atoms with Crippen LogP contribution in [0.3, 0.4) is 0 Å². The number of amidine groups is 1. The lowest BCUT2D eigenvalue weighted by molar-refractivity contribution is -0.125. The van der Waals surface area contributed by atoms with Gasteiger partial charge in [0.2, 0.25) is 11.8 Å². The molecule has 2 heterocycles. The van der Waals surface area contributed by atoms with Crippen molar-refractivity contribution in [3.05, 3.63) is 59.9 Å². The highest BCUT2D eigenvalue weighted by molar-refractivity contribution is 8.15. The van der Waals surface area contributed by atoms with Crippen molar-refractivity contribution in [1.29, 1.82) is 0 Å². The highest BCUT2D eigenvalue weighted by Gasteiger charge is 2.32. The standard InChI is InChI=1S/C21H24N6O2S/c1-27(2)17-7-5-15(6-8-17)9-11-23-19(28)12-18-20(29)25-21(30-18)26-24-14-16-4-3-10-22-13-16/h3-8,10,13-14,18H,9,11-12H2,1-2H3,(H,23,28)(H,25,26,29)/b24-14+. The van der Waals surface area contributed by atoms with Gasteiger partial charge in [0, 0.05) is 50.7 Å². The van der Waals surface area contributed by atoms with Crippen molar-refractivity contribution in [1.82, 2.24) is 15.6 Å². The number of pyridine rings is 1. The fourth-order valence-corrected chi connectivity index (χ4v) is 3.66. The van der Waals surface area contributed by atoms with Crippen molar-refractivity contribution in [3.8, 4) is 0 Å². The molecule has 156 valence electrons. The van der Waals surface area contributed by atoms with Crippen LogP contribution in [0.25, 0.3) is 0 Å². The molecule has 1 aromatic carbocycles. The zero-order valence-corrected chi connectivity index (χ0v) is 17.7. The first-order chi connectivity index (χ1) is 14.5. The van der Waals surface area contributed by atoms with Gasteiger partial charge in [-0.25, -0.2) is 0 Å². The molecule has 1 saturated heterocycles. The molecular weight excluding hydrogens is 400 g/mol. The van der Waals surface area contributed by atoms with E-state index in [1.165, 1.54) is 11.8 Å². The number of benzene rings is 1. The second-order valence-corrected chi connectivity index (χ2v) is 8.09. The van der Waals surface area contributed by atoms with Crippen LogP contribution in [-0.2, 0) is 16.0 Å². The van der Waals surface area contributed by atoms with Crippen LogP contribution in [0.4, 0.5) is 5.69 Å². The first kappa shape index (κ1) is 21.5. The third kappa shape index (κ3) is 6.41. The molecule has 1 aliphatic rings. The minimum absolute atomic E-state index is 0.0986. The molecule has 0 aliphatic carbocycles. The van der Waals surface area contributed by atoms with Crippen molar-refractivity contribution >= 4 is 40.6 Å². The molecule has 1 aromatic heterocycles. The van der Waals surface area contributed by atoms with Crippen LogP contribution in [0.2, 0.25) is 0 Å². The average molecular weight is 425 g/mol. The zero-order chi connectivity index (χ0) is 21.3. The maximum absolute atomic E-state index is 12.2. The Balaban J connectivity index is 1.42. The number of hydrogen-bond donors (Lipinski definition) is 2. The highest BCUT2D eigenvalue weighted by atomic mass is 32.2. The van der Waals surface area contributed by atoms with E-state index in [4.69, 9.17) is 0 Å². The fourth-order valence-electron chi connectivity index (χ4n) is 2.73. The van der Waals surface area contributed by atoms with Crippen LogP contribution in [0.1, 0.15) is 17.5 Å². The van der Waals surface area contributed by atoms with Crippen LogP contribution in [0.5, 0.6) is 0 Å². The number of carbonyl (C=O) groups excluding carboxylic acids is 2. The predicted molar refractivity (Wildman–Crippen MR) is 121 cm³/mol. The average Bonchev–Trinajstić information content (AvgIpc) is 3.08. The third-order valence-electron chi connectivity index (χ3n) is 4.38. The molecule has 0 bridgehead atoms. The fraction of sp³-hybridized carbons (Fsp3) is 0.286. The van der Waals surface area contributed by atoms with Gasteiger partial charge in [0.1, 0.15) is 5.25 Å². The first-order valence-corrected chi connectivity index (χ1v) is 10.4. The van der Waals surface area contributed by atoms with Crippen molar-refractivity contribution in [3.63, 3.8) is 0 Å². The van der Waals surface area contributed by atoms with E-state index in [9.17, 15) is 9.59 Å². The molecular formula is C21H24N6O2S. The van der Waals surface area contributed by atoms with Crippen molar-refractivity contribution in [2.75, 3.05) is 25.5 Å².